The van der Waals surface area contributed by atoms with Gasteiger partial charge in [0.15, 0.2) is 0 Å². The van der Waals surface area contributed by atoms with Gasteiger partial charge in [0.1, 0.15) is 6.07 Å². The number of nitrogens with zero attached hydrogens (tertiary/aromatic N) is 3. The van der Waals surface area contributed by atoms with Crippen LogP contribution in [0.25, 0.3) is 0 Å². The van der Waals surface area contributed by atoms with Crippen LogP contribution in [0.3, 0.4) is 0 Å². The van der Waals surface area contributed by atoms with E-state index in [4.69, 9.17) is 5.11 Å². The first kappa shape index (κ1) is 13.9. The van der Waals surface area contributed by atoms with Crippen molar-refractivity contribution in [3.8, 4) is 6.07 Å². The molecule has 0 saturated carbocycles. The standard InChI is InChI=1S/C15H21N3O/c1-2-5-17-6-8-18(9-7-17)15-4-3-13(12-19)10-14(15)11-16/h3-4,10,19H,2,5-9,12H2,1H3. The highest BCUT2D eigenvalue weighted by molar-refractivity contribution is 5.60. The van der Waals surface area contributed by atoms with Gasteiger partial charge in [-0.2, -0.15) is 5.26 Å². The van der Waals surface area contributed by atoms with Crippen molar-refractivity contribution < 1.29 is 5.11 Å². The highest BCUT2D eigenvalue weighted by Crippen LogP contribution is 2.23. The first-order valence-corrected chi connectivity index (χ1v) is 6.89. The Kier molecular flexibility index (Phi) is 4.78. The normalized spacial score (nSPS) is 16.4. The van der Waals surface area contributed by atoms with Crippen LogP contribution in [0.15, 0.2) is 18.2 Å². The number of rotatable bonds is 4. The Morgan fingerprint density at radius 3 is 2.58 bits per heavy atom. The van der Waals surface area contributed by atoms with Crippen molar-refractivity contribution in [1.82, 2.24) is 4.90 Å². The molecule has 102 valence electrons. The van der Waals surface area contributed by atoms with E-state index in [0.717, 1.165) is 44.0 Å². The molecular formula is C15H21N3O. The van der Waals surface area contributed by atoms with Gasteiger partial charge in [-0.1, -0.05) is 13.0 Å². The van der Waals surface area contributed by atoms with E-state index in [1.54, 1.807) is 6.07 Å². The summed E-state index contributed by atoms with van der Waals surface area (Å²) >= 11 is 0. The molecule has 2 rings (SSSR count). The van der Waals surface area contributed by atoms with Gasteiger partial charge in [-0.05, 0) is 30.7 Å². The minimum atomic E-state index is -0.0146. The van der Waals surface area contributed by atoms with Crippen molar-refractivity contribution in [2.45, 2.75) is 20.0 Å². The summed E-state index contributed by atoms with van der Waals surface area (Å²) in [6.07, 6.45) is 1.19. The summed E-state index contributed by atoms with van der Waals surface area (Å²) in [6.45, 7) is 7.39. The fourth-order valence-electron chi connectivity index (χ4n) is 2.58. The lowest BCUT2D eigenvalue weighted by atomic mass is 10.1. The van der Waals surface area contributed by atoms with Crippen molar-refractivity contribution in [2.24, 2.45) is 0 Å². The van der Waals surface area contributed by atoms with E-state index >= 15 is 0 Å². The SMILES string of the molecule is CCCN1CCN(c2ccc(CO)cc2C#N)CC1. The van der Waals surface area contributed by atoms with Gasteiger partial charge < -0.3 is 10.0 Å². The summed E-state index contributed by atoms with van der Waals surface area (Å²) in [6, 6.07) is 7.88. The first-order valence-electron chi connectivity index (χ1n) is 6.89. The molecule has 4 nitrogen and oxygen atoms in total. The minimum Gasteiger partial charge on any atom is -0.392 e. The lowest BCUT2D eigenvalue weighted by Gasteiger charge is -2.36. The zero-order valence-electron chi connectivity index (χ0n) is 11.5. The van der Waals surface area contributed by atoms with Crippen LogP contribution in [0.5, 0.6) is 0 Å². The molecular weight excluding hydrogens is 238 g/mol. The third-order valence-electron chi connectivity index (χ3n) is 3.62. The topological polar surface area (TPSA) is 50.5 Å². The lowest BCUT2D eigenvalue weighted by Crippen LogP contribution is -2.46. The van der Waals surface area contributed by atoms with Crippen LogP contribution >= 0.6 is 0 Å². The van der Waals surface area contributed by atoms with E-state index in [1.807, 2.05) is 12.1 Å². The number of benzene rings is 1. The van der Waals surface area contributed by atoms with Crippen LogP contribution in [-0.2, 0) is 6.61 Å². The van der Waals surface area contributed by atoms with Crippen LogP contribution in [0.2, 0.25) is 0 Å². The fraction of sp³-hybridized carbons (Fsp3) is 0.533. The second-order valence-corrected chi connectivity index (χ2v) is 4.95. The average Bonchev–Trinajstić information content (AvgIpc) is 2.48. The van der Waals surface area contributed by atoms with Gasteiger partial charge in [0.05, 0.1) is 17.9 Å². The number of aliphatic hydroxyl groups is 1. The first-order chi connectivity index (χ1) is 9.28. The van der Waals surface area contributed by atoms with Crippen molar-refractivity contribution in [3.05, 3.63) is 29.3 Å². The Hall–Kier alpha value is -1.57. The van der Waals surface area contributed by atoms with E-state index in [9.17, 15) is 5.26 Å². The summed E-state index contributed by atoms with van der Waals surface area (Å²) < 4.78 is 0. The number of nitriles is 1. The Bertz CT molecular complexity index is 459. The number of hydrogen-bond donors (Lipinski definition) is 1. The second kappa shape index (κ2) is 6.55. The van der Waals surface area contributed by atoms with Crippen molar-refractivity contribution in [3.63, 3.8) is 0 Å². The maximum Gasteiger partial charge on any atom is 0.101 e. The number of aliphatic hydroxyl groups excluding tert-OH is 1. The molecule has 1 aliphatic rings. The summed E-state index contributed by atoms with van der Waals surface area (Å²) in [7, 11) is 0. The monoisotopic (exact) mass is 259 g/mol. The minimum absolute atomic E-state index is 0.0146. The van der Waals surface area contributed by atoms with Gasteiger partial charge in [0, 0.05) is 26.2 Å². The smallest absolute Gasteiger partial charge is 0.101 e. The van der Waals surface area contributed by atoms with Crippen molar-refractivity contribution in [2.75, 3.05) is 37.6 Å². The molecule has 1 fully saturated rings. The largest absolute Gasteiger partial charge is 0.392 e. The molecule has 0 bridgehead atoms. The Morgan fingerprint density at radius 2 is 2.00 bits per heavy atom. The highest BCUT2D eigenvalue weighted by atomic mass is 16.3. The lowest BCUT2D eigenvalue weighted by molar-refractivity contribution is 0.258. The number of anilines is 1. The van der Waals surface area contributed by atoms with Crippen molar-refractivity contribution in [1.29, 1.82) is 5.26 Å². The molecule has 0 aliphatic carbocycles. The zero-order valence-corrected chi connectivity index (χ0v) is 11.5. The molecule has 0 unspecified atom stereocenters. The maximum absolute atomic E-state index is 9.24. The Labute approximate surface area is 114 Å². The Morgan fingerprint density at radius 1 is 1.26 bits per heavy atom. The third kappa shape index (κ3) is 3.25. The van der Waals surface area contributed by atoms with E-state index < -0.39 is 0 Å². The van der Waals surface area contributed by atoms with Gasteiger partial charge in [-0.3, -0.25) is 4.90 Å². The predicted octanol–water partition coefficient (Wildman–Crippen LogP) is 1.58. The van der Waals surface area contributed by atoms with Crippen molar-refractivity contribution >= 4 is 5.69 Å². The summed E-state index contributed by atoms with van der Waals surface area (Å²) in [5, 5.41) is 18.4. The van der Waals surface area contributed by atoms with Gasteiger partial charge in [0.25, 0.3) is 0 Å². The average molecular weight is 259 g/mol. The molecule has 1 heterocycles. The van der Waals surface area contributed by atoms with Crippen LogP contribution in [-0.4, -0.2) is 42.7 Å². The number of piperazine rings is 1. The molecule has 1 aromatic carbocycles. The third-order valence-corrected chi connectivity index (χ3v) is 3.62. The van der Waals surface area contributed by atoms with Gasteiger partial charge >= 0.3 is 0 Å². The van der Waals surface area contributed by atoms with Gasteiger partial charge in [0.2, 0.25) is 0 Å². The molecule has 0 radical (unpaired) electrons. The van der Waals surface area contributed by atoms with Gasteiger partial charge in [-0.25, -0.2) is 0 Å². The molecule has 0 amide bonds. The van der Waals surface area contributed by atoms with Gasteiger partial charge in [-0.15, -0.1) is 0 Å². The molecule has 0 spiro atoms. The highest BCUT2D eigenvalue weighted by Gasteiger charge is 2.18. The zero-order chi connectivity index (χ0) is 13.7. The van der Waals surface area contributed by atoms with Crippen LogP contribution < -0.4 is 4.90 Å². The van der Waals surface area contributed by atoms with E-state index in [0.29, 0.717) is 5.56 Å². The fourth-order valence-corrected chi connectivity index (χ4v) is 2.58. The molecule has 19 heavy (non-hydrogen) atoms. The quantitative estimate of drug-likeness (QED) is 0.892. The molecule has 0 atom stereocenters. The maximum atomic E-state index is 9.24. The second-order valence-electron chi connectivity index (χ2n) is 4.95. The summed E-state index contributed by atoms with van der Waals surface area (Å²) in [5.74, 6) is 0. The predicted molar refractivity (Wildman–Crippen MR) is 76.0 cm³/mol. The molecule has 1 saturated heterocycles. The molecule has 1 aliphatic heterocycles. The van der Waals surface area contributed by atoms with E-state index in [2.05, 4.69) is 22.8 Å². The summed E-state index contributed by atoms with van der Waals surface area (Å²) in [4.78, 5) is 4.73. The van der Waals surface area contributed by atoms with Crippen LogP contribution in [0, 0.1) is 11.3 Å². The molecule has 1 N–H and O–H groups in total. The number of hydrogen-bond acceptors (Lipinski definition) is 4. The summed E-state index contributed by atoms with van der Waals surface area (Å²) in [5.41, 5.74) is 2.45. The van der Waals surface area contributed by atoms with E-state index in [-0.39, 0.29) is 6.61 Å². The van der Waals surface area contributed by atoms with Crippen LogP contribution in [0.1, 0.15) is 24.5 Å². The molecule has 4 heteroatoms. The van der Waals surface area contributed by atoms with Crippen LogP contribution in [0.4, 0.5) is 5.69 Å². The Balaban J connectivity index is 2.09. The molecule has 0 aromatic heterocycles. The molecule has 1 aromatic rings. The van der Waals surface area contributed by atoms with E-state index in [1.165, 1.54) is 6.42 Å².